The van der Waals surface area contributed by atoms with Crippen molar-refractivity contribution in [3.8, 4) is 0 Å². The van der Waals surface area contributed by atoms with Crippen molar-refractivity contribution in [2.24, 2.45) is 0 Å². The zero-order chi connectivity index (χ0) is 48.1. The van der Waals surface area contributed by atoms with Crippen LogP contribution in [0.3, 0.4) is 0 Å². The molecule has 0 saturated heterocycles. The van der Waals surface area contributed by atoms with Crippen molar-refractivity contribution < 1.29 is 92.2 Å². The molecule has 0 aliphatic rings. The SMILES string of the molecule is Fc1c(F)c(F)c([B-](c2c(F)c(F)c(F)c(F)c2F)(c2c(F)c(F)c(F)c(F)c2F)c2c(F)c(F)c(F)c(F)c2F)c(F)c1F.Fc1ccc([S+](c2ccccc2)c2ccccc2)cc1. The van der Waals surface area contributed by atoms with Gasteiger partial charge < -0.3 is 0 Å². The lowest BCUT2D eigenvalue weighted by Gasteiger charge is -2.44. The summed E-state index contributed by atoms with van der Waals surface area (Å²) < 4.78 is 307. The fourth-order valence-corrected chi connectivity index (χ4v) is 9.05. The minimum atomic E-state index is -7.22. The molecule has 0 radical (unpaired) electrons. The Morgan fingerprint density at radius 1 is 0.215 bits per heavy atom. The van der Waals surface area contributed by atoms with E-state index in [0.717, 1.165) is 4.90 Å². The summed E-state index contributed by atoms with van der Waals surface area (Å²) in [6.45, 7) is 0. The molecule has 7 rings (SSSR count). The summed E-state index contributed by atoms with van der Waals surface area (Å²) >= 11 is 0. The van der Waals surface area contributed by atoms with E-state index in [2.05, 4.69) is 24.3 Å². The van der Waals surface area contributed by atoms with Crippen LogP contribution in [0.4, 0.5) is 92.2 Å². The van der Waals surface area contributed by atoms with E-state index in [-0.39, 0.29) is 16.7 Å². The van der Waals surface area contributed by atoms with E-state index in [1.165, 1.54) is 21.9 Å². The highest BCUT2D eigenvalue weighted by atomic mass is 32.2. The summed E-state index contributed by atoms with van der Waals surface area (Å²) in [6, 6.07) is 27.5. The van der Waals surface area contributed by atoms with Crippen LogP contribution in [0.5, 0.6) is 0 Å². The van der Waals surface area contributed by atoms with E-state index in [1.54, 1.807) is 0 Å². The van der Waals surface area contributed by atoms with Gasteiger partial charge in [-0.15, -0.1) is 21.9 Å². The predicted molar refractivity (Wildman–Crippen MR) is 191 cm³/mol. The average molecular weight is 960 g/mol. The number of halogens is 21. The second-order valence-electron chi connectivity index (χ2n) is 13.2. The van der Waals surface area contributed by atoms with Gasteiger partial charge in [-0.1, -0.05) is 36.4 Å². The van der Waals surface area contributed by atoms with Gasteiger partial charge in [-0.2, -0.15) is 0 Å². The van der Waals surface area contributed by atoms with Gasteiger partial charge in [-0.3, -0.25) is 0 Å². The van der Waals surface area contributed by atoms with Gasteiger partial charge in [0.2, 0.25) is 0 Å². The van der Waals surface area contributed by atoms with Gasteiger partial charge in [-0.05, 0) is 48.5 Å². The Labute approximate surface area is 352 Å². The van der Waals surface area contributed by atoms with Crippen LogP contribution < -0.4 is 21.9 Å². The van der Waals surface area contributed by atoms with Crippen LogP contribution in [0.2, 0.25) is 0 Å². The Morgan fingerprint density at radius 3 is 0.615 bits per heavy atom. The lowest BCUT2D eigenvalue weighted by atomic mass is 9.12. The van der Waals surface area contributed by atoms with Crippen LogP contribution in [-0.2, 0) is 10.9 Å². The van der Waals surface area contributed by atoms with Crippen molar-refractivity contribution >= 4 is 38.9 Å². The Morgan fingerprint density at radius 2 is 0.400 bits per heavy atom. The van der Waals surface area contributed by atoms with E-state index in [0.29, 0.717) is 0 Å². The molecule has 0 nitrogen and oxygen atoms in total. The van der Waals surface area contributed by atoms with E-state index < -0.39 is 144 Å². The second-order valence-corrected chi connectivity index (χ2v) is 15.2. The van der Waals surface area contributed by atoms with Gasteiger partial charge >= 0.3 is 0 Å². The highest BCUT2D eigenvalue weighted by Crippen LogP contribution is 2.33. The van der Waals surface area contributed by atoms with Crippen molar-refractivity contribution in [1.82, 2.24) is 0 Å². The van der Waals surface area contributed by atoms with Crippen molar-refractivity contribution in [1.29, 1.82) is 0 Å². The highest BCUT2D eigenvalue weighted by molar-refractivity contribution is 7.97. The second kappa shape index (κ2) is 18.2. The Kier molecular flexibility index (Phi) is 13.4. The molecule has 0 spiro atoms. The van der Waals surface area contributed by atoms with Gasteiger partial charge in [0.1, 0.15) is 58.5 Å². The Balaban J connectivity index is 0.000000289. The number of hydrogen-bond acceptors (Lipinski definition) is 0. The zero-order valence-corrected chi connectivity index (χ0v) is 31.8. The molecule has 0 aliphatic heterocycles. The maximum Gasteiger partial charge on any atom is 0.200 e. The third-order valence-corrected chi connectivity index (χ3v) is 11.9. The monoisotopic (exact) mass is 960 g/mol. The molecule has 23 heteroatoms. The lowest BCUT2D eigenvalue weighted by molar-refractivity contribution is 0.378. The molecule has 0 atom stereocenters. The van der Waals surface area contributed by atoms with E-state index >= 15 is 35.1 Å². The average Bonchev–Trinajstić information content (AvgIpc) is 3.30. The van der Waals surface area contributed by atoms with E-state index in [4.69, 9.17) is 0 Å². The highest BCUT2D eigenvalue weighted by Gasteiger charge is 2.52. The standard InChI is InChI=1S/C24BF20.C18H14FS/c26-5-1(6(27)14(35)21(42)13(5)34)25(2-7(28)15(36)22(43)16(37)8(2)29,3-9(30)17(38)23(44)18(39)10(3)31)4-11(32)19(40)24(45)20(41)12(4)33;19-15-11-13-18(14-12-15)20(16-7-3-1-4-8-16)17-9-5-2-6-10-17/h;1-14H/q-1;+1. The minimum absolute atomic E-state index is 0.190. The van der Waals surface area contributed by atoms with Crippen molar-refractivity contribution in [2.45, 2.75) is 14.7 Å². The fraction of sp³-hybridized carbons (Fsp3) is 0. The number of rotatable bonds is 7. The maximum atomic E-state index is 15.4. The largest absolute Gasteiger partial charge is 0.207 e. The third kappa shape index (κ3) is 7.71. The molecule has 7 aromatic rings. The summed E-state index contributed by atoms with van der Waals surface area (Å²) in [4.78, 5) is 3.61. The summed E-state index contributed by atoms with van der Waals surface area (Å²) in [5.41, 5.74) is -14.3. The van der Waals surface area contributed by atoms with Crippen molar-refractivity contribution in [3.63, 3.8) is 0 Å². The first-order valence-electron chi connectivity index (χ1n) is 17.4. The van der Waals surface area contributed by atoms with Crippen molar-refractivity contribution in [3.05, 3.63) is 207 Å². The summed E-state index contributed by atoms with van der Waals surface area (Å²) in [6.07, 6.45) is -7.22. The summed E-state index contributed by atoms with van der Waals surface area (Å²) in [7, 11) is -0.190. The van der Waals surface area contributed by atoms with E-state index in [1.807, 2.05) is 48.5 Å². The van der Waals surface area contributed by atoms with Crippen LogP contribution in [0.15, 0.2) is 99.6 Å². The first kappa shape index (κ1) is 48.0. The van der Waals surface area contributed by atoms with Crippen LogP contribution in [-0.4, -0.2) is 6.15 Å². The topological polar surface area (TPSA) is 0 Å². The molecule has 0 fully saturated rings. The molecule has 338 valence electrons. The third-order valence-electron chi connectivity index (χ3n) is 9.71. The molecule has 0 amide bonds. The van der Waals surface area contributed by atoms with Crippen LogP contribution in [0, 0.1) is 122 Å². The summed E-state index contributed by atoms with van der Waals surface area (Å²) in [5, 5.41) is 0. The molecule has 0 aliphatic carbocycles. The van der Waals surface area contributed by atoms with Gasteiger partial charge in [0.15, 0.2) is 84.5 Å². The Hall–Kier alpha value is -6.52. The zero-order valence-electron chi connectivity index (χ0n) is 31.0. The van der Waals surface area contributed by atoms with Gasteiger partial charge in [0.25, 0.3) is 0 Å². The predicted octanol–water partition coefficient (Wildman–Crippen LogP) is 10.8. The lowest BCUT2D eigenvalue weighted by Crippen LogP contribution is -2.81. The summed E-state index contributed by atoms with van der Waals surface area (Å²) in [5.74, 6) is -71.6. The van der Waals surface area contributed by atoms with Crippen molar-refractivity contribution in [2.75, 3.05) is 0 Å². The van der Waals surface area contributed by atoms with Gasteiger partial charge in [-0.25, -0.2) is 92.2 Å². The molecule has 0 aromatic heterocycles. The molecule has 0 bridgehead atoms. The van der Waals surface area contributed by atoms with Crippen LogP contribution in [0.25, 0.3) is 0 Å². The fourth-order valence-electron chi connectivity index (χ4n) is 6.97. The quantitative estimate of drug-likeness (QED) is 0.0491. The molecule has 0 heterocycles. The molecule has 0 N–H and O–H groups in total. The van der Waals surface area contributed by atoms with Crippen LogP contribution >= 0.6 is 0 Å². The first-order valence-corrected chi connectivity index (χ1v) is 18.6. The van der Waals surface area contributed by atoms with Gasteiger partial charge in [0.05, 0.1) is 10.9 Å². The Bertz CT molecular complexity index is 2560. The van der Waals surface area contributed by atoms with Gasteiger partial charge in [0, 0.05) is 0 Å². The van der Waals surface area contributed by atoms with Crippen LogP contribution in [0.1, 0.15) is 0 Å². The molecular weight excluding hydrogens is 946 g/mol. The minimum Gasteiger partial charge on any atom is -0.207 e. The molecule has 7 aromatic carbocycles. The maximum absolute atomic E-state index is 15.4. The van der Waals surface area contributed by atoms with E-state index in [9.17, 15) is 57.1 Å². The first-order chi connectivity index (χ1) is 30.5. The molecule has 0 saturated carbocycles. The smallest absolute Gasteiger partial charge is 0.200 e. The normalized spacial score (nSPS) is 11.6. The number of benzene rings is 7. The molecule has 0 unspecified atom stereocenters. The molecular formula is C42H14BF21S. The molecule has 65 heavy (non-hydrogen) atoms. The number of hydrogen-bond donors (Lipinski definition) is 0.